The van der Waals surface area contributed by atoms with Gasteiger partial charge in [-0.2, -0.15) is 0 Å². The van der Waals surface area contributed by atoms with Crippen LogP contribution in [-0.4, -0.2) is 47.6 Å². The molecule has 2 aromatic carbocycles. The van der Waals surface area contributed by atoms with Gasteiger partial charge < -0.3 is 34.3 Å². The number of carbonyl (C=O) groups excluding carboxylic acids is 1. The molecular formula is C19H24N2O6. The van der Waals surface area contributed by atoms with E-state index in [1.165, 1.54) is 7.11 Å². The third kappa shape index (κ3) is 5.34. The molecule has 146 valence electrons. The lowest BCUT2D eigenvalue weighted by Crippen LogP contribution is -2.32. The van der Waals surface area contributed by atoms with E-state index in [2.05, 4.69) is 10.6 Å². The first-order valence-electron chi connectivity index (χ1n) is 8.23. The van der Waals surface area contributed by atoms with Gasteiger partial charge in [-0.3, -0.25) is 0 Å². The molecule has 27 heavy (non-hydrogen) atoms. The number of para-hydroxylation sites is 1. The van der Waals surface area contributed by atoms with Crippen LogP contribution in [0.5, 0.6) is 28.7 Å². The SMILES string of the molecule is COc1ccc(NC(=O)NCCOc2cccc(OC)c2OC)cc1OC. The molecule has 0 aliphatic rings. The molecule has 0 saturated heterocycles. The molecule has 2 N–H and O–H groups in total. The lowest BCUT2D eigenvalue weighted by Gasteiger charge is -2.14. The van der Waals surface area contributed by atoms with Crippen LogP contribution in [0, 0.1) is 0 Å². The van der Waals surface area contributed by atoms with E-state index in [1.807, 2.05) is 0 Å². The van der Waals surface area contributed by atoms with Gasteiger partial charge in [0.15, 0.2) is 23.0 Å². The lowest BCUT2D eigenvalue weighted by atomic mass is 10.3. The zero-order valence-corrected chi connectivity index (χ0v) is 15.8. The Bertz CT molecular complexity index is 766. The molecule has 0 fully saturated rings. The van der Waals surface area contributed by atoms with Gasteiger partial charge in [0.25, 0.3) is 0 Å². The summed E-state index contributed by atoms with van der Waals surface area (Å²) in [5.41, 5.74) is 0.584. The van der Waals surface area contributed by atoms with Crippen molar-refractivity contribution < 1.29 is 28.5 Å². The van der Waals surface area contributed by atoms with Crippen LogP contribution in [0.4, 0.5) is 10.5 Å². The number of ether oxygens (including phenoxy) is 5. The first kappa shape index (κ1) is 20.0. The van der Waals surface area contributed by atoms with E-state index in [1.54, 1.807) is 57.7 Å². The van der Waals surface area contributed by atoms with Crippen molar-refractivity contribution in [3.63, 3.8) is 0 Å². The second kappa shape index (κ2) is 10.0. The minimum Gasteiger partial charge on any atom is -0.493 e. The molecule has 0 aliphatic heterocycles. The third-order valence-corrected chi connectivity index (χ3v) is 3.65. The molecule has 0 radical (unpaired) electrons. The highest BCUT2D eigenvalue weighted by atomic mass is 16.5. The van der Waals surface area contributed by atoms with Gasteiger partial charge in [-0.15, -0.1) is 0 Å². The molecule has 0 spiro atoms. The van der Waals surface area contributed by atoms with E-state index >= 15 is 0 Å². The standard InChI is InChI=1S/C19H24N2O6/c1-23-14-9-8-13(12-17(14)25-3)21-19(22)20-10-11-27-16-7-5-6-15(24-2)18(16)26-4/h5-9,12H,10-11H2,1-4H3,(H2,20,21,22). The number of nitrogens with one attached hydrogen (secondary N) is 2. The van der Waals surface area contributed by atoms with Crippen molar-refractivity contribution in [2.24, 2.45) is 0 Å². The van der Waals surface area contributed by atoms with Gasteiger partial charge in [-0.25, -0.2) is 4.79 Å². The highest BCUT2D eigenvalue weighted by Gasteiger charge is 2.11. The molecule has 0 atom stereocenters. The number of hydrogen-bond donors (Lipinski definition) is 2. The maximum atomic E-state index is 12.0. The number of benzene rings is 2. The summed E-state index contributed by atoms with van der Waals surface area (Å²) in [4.78, 5) is 12.0. The largest absolute Gasteiger partial charge is 0.493 e. The highest BCUT2D eigenvalue weighted by molar-refractivity contribution is 5.89. The first-order chi connectivity index (χ1) is 13.1. The van der Waals surface area contributed by atoms with Crippen molar-refractivity contribution in [1.82, 2.24) is 5.32 Å². The quantitative estimate of drug-likeness (QED) is 0.655. The fraction of sp³-hybridized carbons (Fsp3) is 0.316. The number of urea groups is 1. The van der Waals surface area contributed by atoms with E-state index in [4.69, 9.17) is 23.7 Å². The number of methoxy groups -OCH3 is 4. The van der Waals surface area contributed by atoms with Gasteiger partial charge >= 0.3 is 6.03 Å². The molecule has 8 heteroatoms. The predicted octanol–water partition coefficient (Wildman–Crippen LogP) is 2.92. The van der Waals surface area contributed by atoms with E-state index in [9.17, 15) is 4.79 Å². The van der Waals surface area contributed by atoms with Crippen molar-refractivity contribution in [3.05, 3.63) is 36.4 Å². The van der Waals surface area contributed by atoms with Crippen LogP contribution in [0.15, 0.2) is 36.4 Å². The molecule has 2 amide bonds. The Balaban J connectivity index is 1.83. The summed E-state index contributed by atoms with van der Waals surface area (Å²) >= 11 is 0. The van der Waals surface area contributed by atoms with Gasteiger partial charge in [0.2, 0.25) is 5.75 Å². The molecule has 0 saturated carbocycles. The van der Waals surface area contributed by atoms with E-state index < -0.39 is 0 Å². The number of rotatable bonds is 9. The highest BCUT2D eigenvalue weighted by Crippen LogP contribution is 2.36. The fourth-order valence-corrected chi connectivity index (χ4v) is 2.39. The van der Waals surface area contributed by atoms with E-state index in [-0.39, 0.29) is 12.6 Å². The fourth-order valence-electron chi connectivity index (χ4n) is 2.39. The number of amides is 2. The van der Waals surface area contributed by atoms with Crippen LogP contribution in [0.25, 0.3) is 0 Å². The van der Waals surface area contributed by atoms with Gasteiger partial charge in [0, 0.05) is 11.8 Å². The number of anilines is 1. The van der Waals surface area contributed by atoms with E-state index in [0.29, 0.717) is 41.0 Å². The summed E-state index contributed by atoms with van der Waals surface area (Å²) in [7, 11) is 6.18. The Morgan fingerprint density at radius 2 is 1.56 bits per heavy atom. The lowest BCUT2D eigenvalue weighted by molar-refractivity contribution is 0.245. The summed E-state index contributed by atoms with van der Waals surface area (Å²) in [6.45, 7) is 0.572. The number of carbonyl (C=O) groups is 1. The smallest absolute Gasteiger partial charge is 0.319 e. The average Bonchev–Trinajstić information content (AvgIpc) is 2.70. The second-order valence-electron chi connectivity index (χ2n) is 5.29. The Morgan fingerprint density at radius 3 is 2.22 bits per heavy atom. The maximum Gasteiger partial charge on any atom is 0.319 e. The topological polar surface area (TPSA) is 87.3 Å². The normalized spacial score (nSPS) is 9.93. The van der Waals surface area contributed by atoms with Crippen LogP contribution in [0.1, 0.15) is 0 Å². The van der Waals surface area contributed by atoms with Crippen molar-refractivity contribution in [2.45, 2.75) is 0 Å². The van der Waals surface area contributed by atoms with Gasteiger partial charge in [0.1, 0.15) is 6.61 Å². The summed E-state index contributed by atoms with van der Waals surface area (Å²) in [6.07, 6.45) is 0. The molecule has 2 rings (SSSR count). The molecule has 0 aromatic heterocycles. The summed E-state index contributed by atoms with van der Waals surface area (Å²) in [6, 6.07) is 10.1. The Hall–Kier alpha value is -3.29. The zero-order chi connectivity index (χ0) is 19.6. The number of hydrogen-bond acceptors (Lipinski definition) is 6. The summed E-state index contributed by atoms with van der Waals surface area (Å²) < 4.78 is 26.5. The Labute approximate surface area is 158 Å². The van der Waals surface area contributed by atoms with Crippen LogP contribution >= 0.6 is 0 Å². The van der Waals surface area contributed by atoms with Gasteiger partial charge in [0.05, 0.1) is 35.0 Å². The molecule has 8 nitrogen and oxygen atoms in total. The minimum atomic E-state index is -0.358. The third-order valence-electron chi connectivity index (χ3n) is 3.65. The molecular weight excluding hydrogens is 352 g/mol. The van der Waals surface area contributed by atoms with Crippen molar-refractivity contribution >= 4 is 11.7 Å². The van der Waals surface area contributed by atoms with Crippen LogP contribution in [0.3, 0.4) is 0 Å². The van der Waals surface area contributed by atoms with Crippen molar-refractivity contribution in [1.29, 1.82) is 0 Å². The predicted molar refractivity (Wildman–Crippen MR) is 102 cm³/mol. The molecule has 0 aliphatic carbocycles. The van der Waals surface area contributed by atoms with Crippen LogP contribution in [-0.2, 0) is 0 Å². The molecule has 0 unspecified atom stereocenters. The van der Waals surface area contributed by atoms with E-state index in [0.717, 1.165) is 0 Å². The monoisotopic (exact) mass is 376 g/mol. The van der Waals surface area contributed by atoms with Crippen molar-refractivity contribution in [2.75, 3.05) is 46.9 Å². The molecule has 0 heterocycles. The Morgan fingerprint density at radius 1 is 0.852 bits per heavy atom. The molecule has 0 bridgehead atoms. The first-order valence-corrected chi connectivity index (χ1v) is 8.23. The van der Waals surface area contributed by atoms with Crippen LogP contribution in [0.2, 0.25) is 0 Å². The zero-order valence-electron chi connectivity index (χ0n) is 15.8. The van der Waals surface area contributed by atoms with Gasteiger partial charge in [-0.1, -0.05) is 6.07 Å². The van der Waals surface area contributed by atoms with Crippen molar-refractivity contribution in [3.8, 4) is 28.7 Å². The summed E-state index contributed by atoms with van der Waals surface area (Å²) in [5.74, 6) is 2.75. The van der Waals surface area contributed by atoms with Gasteiger partial charge in [-0.05, 0) is 24.3 Å². The second-order valence-corrected chi connectivity index (χ2v) is 5.29. The maximum absolute atomic E-state index is 12.0. The van der Waals surface area contributed by atoms with Crippen LogP contribution < -0.4 is 34.3 Å². The molecule has 2 aromatic rings. The average molecular weight is 376 g/mol. The Kier molecular flexibility index (Phi) is 7.42. The minimum absolute atomic E-state index is 0.267. The summed E-state index contributed by atoms with van der Waals surface area (Å²) in [5, 5.41) is 5.44.